The van der Waals surface area contributed by atoms with E-state index in [9.17, 15) is 18.3 Å². The van der Waals surface area contributed by atoms with E-state index in [-0.39, 0.29) is 23.1 Å². The number of ether oxygens (including phenoxy) is 1. The first-order chi connectivity index (χ1) is 11.2. The Morgan fingerprint density at radius 2 is 1.96 bits per heavy atom. The summed E-state index contributed by atoms with van der Waals surface area (Å²) in [5, 5.41) is 12.5. The highest BCUT2D eigenvalue weighted by Gasteiger charge is 2.21. The van der Waals surface area contributed by atoms with Gasteiger partial charge in [0, 0.05) is 24.9 Å². The van der Waals surface area contributed by atoms with Gasteiger partial charge in [-0.25, -0.2) is 17.9 Å². The highest BCUT2D eigenvalue weighted by molar-refractivity contribution is 7.89. The molecule has 1 rings (SSSR count). The van der Waals surface area contributed by atoms with Gasteiger partial charge in [0.15, 0.2) is 0 Å². The van der Waals surface area contributed by atoms with Gasteiger partial charge in [-0.1, -0.05) is 13.3 Å². The lowest BCUT2D eigenvalue weighted by Crippen LogP contribution is -2.35. The standard InChI is InChI=1S/C16H26N2O5S/c1-5-6-11(2)17-15-8-7-13(9-14(15)16(19)20)24(21,22)18-12(3)10-23-4/h7-9,11-12,17-18H,5-6,10H2,1-4H3,(H,19,20)/t11-,12-/m0/s1. The molecule has 136 valence electrons. The first-order valence-corrected chi connectivity index (χ1v) is 9.34. The predicted octanol–water partition coefficient (Wildman–Crippen LogP) is 2.30. The summed E-state index contributed by atoms with van der Waals surface area (Å²) in [6.45, 7) is 5.88. The number of benzene rings is 1. The van der Waals surface area contributed by atoms with Crippen LogP contribution < -0.4 is 10.0 Å². The average Bonchev–Trinajstić information content (AvgIpc) is 2.47. The van der Waals surface area contributed by atoms with E-state index >= 15 is 0 Å². The van der Waals surface area contributed by atoms with Crippen LogP contribution in [0, 0.1) is 0 Å². The van der Waals surface area contributed by atoms with E-state index < -0.39 is 22.0 Å². The summed E-state index contributed by atoms with van der Waals surface area (Å²) < 4.78 is 32.1. The minimum absolute atomic E-state index is 0.0692. The van der Waals surface area contributed by atoms with Crippen molar-refractivity contribution in [2.75, 3.05) is 19.0 Å². The zero-order valence-corrected chi connectivity index (χ0v) is 15.3. The van der Waals surface area contributed by atoms with E-state index in [1.54, 1.807) is 6.92 Å². The van der Waals surface area contributed by atoms with Crippen molar-refractivity contribution in [1.29, 1.82) is 0 Å². The lowest BCUT2D eigenvalue weighted by molar-refractivity contribution is 0.0697. The van der Waals surface area contributed by atoms with Crippen LogP contribution in [0.15, 0.2) is 23.1 Å². The molecule has 0 saturated heterocycles. The summed E-state index contributed by atoms with van der Waals surface area (Å²) in [5.74, 6) is -1.18. The molecule has 8 heteroatoms. The molecule has 0 aliphatic carbocycles. The fourth-order valence-electron chi connectivity index (χ4n) is 2.38. The van der Waals surface area contributed by atoms with Crippen molar-refractivity contribution >= 4 is 21.7 Å². The van der Waals surface area contributed by atoms with E-state index in [0.717, 1.165) is 12.8 Å². The largest absolute Gasteiger partial charge is 0.478 e. The zero-order chi connectivity index (χ0) is 18.3. The molecular formula is C16H26N2O5S. The van der Waals surface area contributed by atoms with Crippen molar-refractivity contribution in [3.8, 4) is 0 Å². The van der Waals surface area contributed by atoms with E-state index in [2.05, 4.69) is 10.0 Å². The lowest BCUT2D eigenvalue weighted by atomic mass is 10.1. The summed E-state index contributed by atoms with van der Waals surface area (Å²) in [4.78, 5) is 11.4. The van der Waals surface area contributed by atoms with Gasteiger partial charge in [-0.3, -0.25) is 0 Å². The van der Waals surface area contributed by atoms with Gasteiger partial charge < -0.3 is 15.2 Å². The van der Waals surface area contributed by atoms with Crippen LogP contribution in [-0.2, 0) is 14.8 Å². The minimum atomic E-state index is -3.81. The van der Waals surface area contributed by atoms with Gasteiger partial charge >= 0.3 is 5.97 Å². The van der Waals surface area contributed by atoms with Crippen molar-refractivity contribution in [2.24, 2.45) is 0 Å². The highest BCUT2D eigenvalue weighted by atomic mass is 32.2. The molecule has 0 aliphatic rings. The Morgan fingerprint density at radius 1 is 1.29 bits per heavy atom. The Labute approximate surface area is 143 Å². The first-order valence-electron chi connectivity index (χ1n) is 7.86. The Morgan fingerprint density at radius 3 is 2.50 bits per heavy atom. The summed E-state index contributed by atoms with van der Waals surface area (Å²) in [7, 11) is -2.34. The van der Waals surface area contributed by atoms with Crippen LogP contribution in [0.25, 0.3) is 0 Å². The van der Waals surface area contributed by atoms with Gasteiger partial charge in [-0.05, 0) is 38.5 Å². The number of hydrogen-bond acceptors (Lipinski definition) is 5. The number of anilines is 1. The maximum Gasteiger partial charge on any atom is 0.337 e. The molecule has 24 heavy (non-hydrogen) atoms. The predicted molar refractivity (Wildman–Crippen MR) is 93.1 cm³/mol. The Bertz CT molecular complexity index is 660. The third kappa shape index (κ3) is 5.77. The van der Waals surface area contributed by atoms with Crippen LogP contribution in [0.3, 0.4) is 0 Å². The summed E-state index contributed by atoms with van der Waals surface area (Å²) in [6.07, 6.45) is 1.85. The highest BCUT2D eigenvalue weighted by Crippen LogP contribution is 2.22. The Balaban J connectivity index is 3.11. The number of nitrogens with one attached hydrogen (secondary N) is 2. The third-order valence-corrected chi connectivity index (χ3v) is 5.02. The quantitative estimate of drug-likeness (QED) is 0.593. The Kier molecular flexibility index (Phi) is 7.65. The molecule has 0 aliphatic heterocycles. The van der Waals surface area contributed by atoms with Crippen LogP contribution in [0.4, 0.5) is 5.69 Å². The number of rotatable bonds is 10. The van der Waals surface area contributed by atoms with Gasteiger partial charge in [0.05, 0.1) is 17.1 Å². The number of carboxylic acids is 1. The van der Waals surface area contributed by atoms with Gasteiger partial charge in [-0.15, -0.1) is 0 Å². The molecule has 0 aromatic heterocycles. The maximum atomic E-state index is 12.3. The normalized spacial score (nSPS) is 14.2. The van der Waals surface area contributed by atoms with Gasteiger partial charge in [-0.2, -0.15) is 0 Å². The summed E-state index contributed by atoms with van der Waals surface area (Å²) in [5.41, 5.74) is 0.340. The van der Waals surface area contributed by atoms with Crippen LogP contribution >= 0.6 is 0 Å². The van der Waals surface area contributed by atoms with Crippen molar-refractivity contribution in [3.05, 3.63) is 23.8 Å². The molecule has 0 bridgehead atoms. The number of methoxy groups -OCH3 is 1. The topological polar surface area (TPSA) is 105 Å². The second-order valence-electron chi connectivity index (χ2n) is 5.82. The van der Waals surface area contributed by atoms with Crippen molar-refractivity contribution < 1.29 is 23.1 Å². The van der Waals surface area contributed by atoms with Crippen LogP contribution in [-0.4, -0.2) is 45.3 Å². The molecule has 0 saturated carbocycles. The fourth-order valence-corrected chi connectivity index (χ4v) is 3.63. The molecule has 7 nitrogen and oxygen atoms in total. The molecular weight excluding hydrogens is 332 g/mol. The van der Waals surface area contributed by atoms with Crippen molar-refractivity contribution in [2.45, 2.75) is 50.6 Å². The molecule has 0 spiro atoms. The number of aromatic carboxylic acids is 1. The van der Waals surface area contributed by atoms with Gasteiger partial charge in [0.1, 0.15) is 0 Å². The van der Waals surface area contributed by atoms with Crippen LogP contribution in [0.2, 0.25) is 0 Å². The lowest BCUT2D eigenvalue weighted by Gasteiger charge is -2.18. The van der Waals surface area contributed by atoms with Crippen molar-refractivity contribution in [1.82, 2.24) is 4.72 Å². The second-order valence-corrected chi connectivity index (χ2v) is 7.54. The molecule has 2 atom stereocenters. The van der Waals surface area contributed by atoms with Crippen LogP contribution in [0.1, 0.15) is 44.0 Å². The average molecular weight is 358 g/mol. The number of sulfonamides is 1. The number of carboxylic acid groups (broad SMARTS) is 1. The zero-order valence-electron chi connectivity index (χ0n) is 14.5. The van der Waals surface area contributed by atoms with E-state index in [1.807, 2.05) is 13.8 Å². The Hall–Kier alpha value is -1.64. The van der Waals surface area contributed by atoms with Gasteiger partial charge in [0.2, 0.25) is 10.0 Å². The molecule has 1 aromatic rings. The monoisotopic (exact) mass is 358 g/mol. The molecule has 0 unspecified atom stereocenters. The molecule has 0 radical (unpaired) electrons. The maximum absolute atomic E-state index is 12.3. The smallest absolute Gasteiger partial charge is 0.337 e. The van der Waals surface area contributed by atoms with E-state index in [4.69, 9.17) is 4.74 Å². The number of carbonyl (C=O) groups is 1. The number of hydrogen-bond donors (Lipinski definition) is 3. The van der Waals surface area contributed by atoms with E-state index in [1.165, 1.54) is 25.3 Å². The SMILES string of the molecule is CCC[C@H](C)Nc1ccc(S(=O)(=O)N[C@@H](C)COC)cc1C(=O)O. The fraction of sp³-hybridized carbons (Fsp3) is 0.562. The minimum Gasteiger partial charge on any atom is -0.478 e. The third-order valence-electron chi connectivity index (χ3n) is 3.43. The molecule has 3 N–H and O–H groups in total. The summed E-state index contributed by atoms with van der Waals surface area (Å²) >= 11 is 0. The summed E-state index contributed by atoms with van der Waals surface area (Å²) in [6, 6.07) is 3.73. The van der Waals surface area contributed by atoms with E-state index in [0.29, 0.717) is 5.69 Å². The second kappa shape index (κ2) is 9.00. The molecule has 0 heterocycles. The molecule has 0 fully saturated rings. The first kappa shape index (κ1) is 20.4. The molecule has 1 aromatic carbocycles. The van der Waals surface area contributed by atoms with Gasteiger partial charge in [0.25, 0.3) is 0 Å². The van der Waals surface area contributed by atoms with Crippen molar-refractivity contribution in [3.63, 3.8) is 0 Å². The van der Waals surface area contributed by atoms with Crippen LogP contribution in [0.5, 0.6) is 0 Å². The molecule has 0 amide bonds.